The Bertz CT molecular complexity index is 510. The van der Waals surface area contributed by atoms with E-state index in [0.29, 0.717) is 24.2 Å². The average molecular weight is 359 g/mol. The van der Waals surface area contributed by atoms with Crippen LogP contribution in [0, 0.1) is 5.92 Å². The summed E-state index contributed by atoms with van der Waals surface area (Å²) in [6.45, 7) is 10.8. The van der Waals surface area contributed by atoms with Crippen LogP contribution < -0.4 is 5.32 Å². The molecular formula is C17H27F2N3OS. The maximum Gasteiger partial charge on any atom is 0.290 e. The lowest BCUT2D eigenvalue weighted by atomic mass is 10.0. The van der Waals surface area contributed by atoms with Crippen LogP contribution in [0.3, 0.4) is 0 Å². The van der Waals surface area contributed by atoms with Gasteiger partial charge in [0.1, 0.15) is 5.03 Å². The fourth-order valence-electron chi connectivity index (χ4n) is 2.69. The van der Waals surface area contributed by atoms with E-state index in [-0.39, 0.29) is 22.5 Å². The van der Waals surface area contributed by atoms with E-state index in [1.54, 1.807) is 6.07 Å². The van der Waals surface area contributed by atoms with Gasteiger partial charge in [0.15, 0.2) is 0 Å². The van der Waals surface area contributed by atoms with Crippen LogP contribution in [0.2, 0.25) is 0 Å². The molecule has 0 aromatic carbocycles. The van der Waals surface area contributed by atoms with Gasteiger partial charge in [0.25, 0.3) is 11.7 Å². The second-order valence-electron chi connectivity index (χ2n) is 5.95. The molecule has 0 bridgehead atoms. The quantitative estimate of drug-likeness (QED) is 0.644. The van der Waals surface area contributed by atoms with E-state index in [0.717, 1.165) is 19.5 Å². The first-order valence-corrected chi connectivity index (χ1v) is 9.19. The van der Waals surface area contributed by atoms with E-state index in [2.05, 4.69) is 42.9 Å². The van der Waals surface area contributed by atoms with Crippen LogP contribution in [0.4, 0.5) is 8.78 Å². The van der Waals surface area contributed by atoms with Crippen molar-refractivity contribution in [2.24, 2.45) is 5.92 Å². The van der Waals surface area contributed by atoms with Crippen molar-refractivity contribution in [3.63, 3.8) is 0 Å². The van der Waals surface area contributed by atoms with Crippen molar-refractivity contribution >= 4 is 17.7 Å². The Balaban J connectivity index is 2.78. The molecule has 24 heavy (non-hydrogen) atoms. The molecule has 0 radical (unpaired) electrons. The number of likely N-dealkylation sites (N-methyl/N-ethyl adjacent to an activating group) is 1. The molecule has 0 aliphatic rings. The molecule has 0 saturated heterocycles. The number of carbonyl (C=O) groups excluding carboxylic acids is 1. The minimum Gasteiger partial charge on any atom is -0.350 e. The second kappa shape index (κ2) is 10.6. The highest BCUT2D eigenvalue weighted by atomic mass is 32.2. The molecule has 0 fully saturated rings. The third kappa shape index (κ3) is 6.73. The van der Waals surface area contributed by atoms with Gasteiger partial charge in [-0.15, -0.1) is 0 Å². The summed E-state index contributed by atoms with van der Waals surface area (Å²) in [6, 6.07) is 3.34. The maximum absolute atomic E-state index is 12.6. The first-order valence-electron chi connectivity index (χ1n) is 8.31. The number of hydrogen-bond donors (Lipinski definition) is 1. The molecule has 7 heteroatoms. The molecule has 4 nitrogen and oxygen atoms in total. The number of thioether (sulfide) groups is 1. The van der Waals surface area contributed by atoms with Crippen LogP contribution in [0.5, 0.6) is 0 Å². The number of nitrogens with one attached hydrogen (secondary N) is 1. The van der Waals surface area contributed by atoms with Gasteiger partial charge in [0.2, 0.25) is 0 Å². The molecule has 136 valence electrons. The molecule has 1 unspecified atom stereocenters. The van der Waals surface area contributed by atoms with Crippen LogP contribution in [0.1, 0.15) is 44.5 Å². The predicted molar refractivity (Wildman–Crippen MR) is 94.6 cm³/mol. The van der Waals surface area contributed by atoms with Crippen molar-refractivity contribution in [3.05, 3.63) is 23.9 Å². The summed E-state index contributed by atoms with van der Waals surface area (Å²) in [5.74, 6) is -2.45. The molecule has 0 saturated carbocycles. The van der Waals surface area contributed by atoms with Gasteiger partial charge in [-0.2, -0.15) is 8.78 Å². The van der Waals surface area contributed by atoms with Crippen molar-refractivity contribution in [2.75, 3.05) is 19.6 Å². The standard InChI is InChI=1S/C17H27F2N3OS/c1-5-22(6-2)13(10-12(3)4)11-21-15(23)14-8-7-9-20-16(14)24-17(18)19/h7-9,12-13,17H,5-6,10-11H2,1-4H3,(H,21,23). The Kier molecular flexibility index (Phi) is 9.21. The van der Waals surface area contributed by atoms with Gasteiger partial charge >= 0.3 is 0 Å². The molecule has 0 aliphatic heterocycles. The minimum absolute atomic E-state index is 0.0632. The van der Waals surface area contributed by atoms with E-state index in [1.165, 1.54) is 12.3 Å². The predicted octanol–water partition coefficient (Wildman–Crippen LogP) is 3.88. The number of rotatable bonds is 10. The lowest BCUT2D eigenvalue weighted by molar-refractivity contribution is 0.0925. The summed E-state index contributed by atoms with van der Waals surface area (Å²) in [4.78, 5) is 18.6. The average Bonchev–Trinajstić information content (AvgIpc) is 2.52. The Morgan fingerprint density at radius 1 is 1.33 bits per heavy atom. The maximum atomic E-state index is 12.6. The summed E-state index contributed by atoms with van der Waals surface area (Å²) in [7, 11) is 0. The molecule has 1 rings (SSSR count). The van der Waals surface area contributed by atoms with Crippen molar-refractivity contribution in [1.82, 2.24) is 15.2 Å². The SMILES string of the molecule is CCN(CC)C(CNC(=O)c1cccnc1SC(F)F)CC(C)C. The third-order valence-electron chi connectivity index (χ3n) is 3.79. The zero-order chi connectivity index (χ0) is 18.1. The number of aromatic nitrogens is 1. The normalized spacial score (nSPS) is 12.9. The molecule has 1 N–H and O–H groups in total. The minimum atomic E-state index is -2.60. The van der Waals surface area contributed by atoms with Crippen LogP contribution in [-0.4, -0.2) is 47.2 Å². The monoisotopic (exact) mass is 359 g/mol. The van der Waals surface area contributed by atoms with Crippen LogP contribution in [-0.2, 0) is 0 Å². The van der Waals surface area contributed by atoms with Crippen molar-refractivity contribution in [2.45, 2.75) is 50.9 Å². The first-order chi connectivity index (χ1) is 11.4. The molecule has 1 amide bonds. The fourth-order valence-corrected chi connectivity index (χ4v) is 3.27. The van der Waals surface area contributed by atoms with Crippen LogP contribution in [0.15, 0.2) is 23.4 Å². The van der Waals surface area contributed by atoms with Gasteiger partial charge < -0.3 is 5.32 Å². The van der Waals surface area contributed by atoms with E-state index >= 15 is 0 Å². The lowest BCUT2D eigenvalue weighted by Crippen LogP contribution is -2.44. The summed E-state index contributed by atoms with van der Waals surface area (Å²) >= 11 is 0.298. The number of carbonyl (C=O) groups is 1. The second-order valence-corrected chi connectivity index (χ2v) is 6.93. The van der Waals surface area contributed by atoms with Gasteiger partial charge in [-0.1, -0.05) is 27.7 Å². The third-order valence-corrected chi connectivity index (χ3v) is 4.51. The lowest BCUT2D eigenvalue weighted by Gasteiger charge is -2.31. The Hall–Kier alpha value is -1.21. The van der Waals surface area contributed by atoms with Gasteiger partial charge in [-0.05, 0) is 49.3 Å². The first kappa shape index (κ1) is 20.8. The summed E-state index contributed by atoms with van der Waals surface area (Å²) in [6.07, 6.45) is 2.38. The molecule has 1 atom stereocenters. The zero-order valence-corrected chi connectivity index (χ0v) is 15.6. The van der Waals surface area contributed by atoms with Gasteiger partial charge in [0.05, 0.1) is 5.56 Å². The molecule has 1 aromatic heterocycles. The molecular weight excluding hydrogens is 332 g/mol. The summed E-state index contributed by atoms with van der Waals surface area (Å²) < 4.78 is 25.2. The van der Waals surface area contributed by atoms with Crippen LogP contribution in [0.25, 0.3) is 0 Å². The topological polar surface area (TPSA) is 45.2 Å². The zero-order valence-electron chi connectivity index (χ0n) is 14.8. The molecule has 1 aromatic rings. The van der Waals surface area contributed by atoms with Crippen LogP contribution >= 0.6 is 11.8 Å². The highest BCUT2D eigenvalue weighted by molar-refractivity contribution is 7.99. The Labute approximate surface area is 147 Å². The van der Waals surface area contributed by atoms with Gasteiger partial charge in [-0.3, -0.25) is 9.69 Å². The Morgan fingerprint density at radius 2 is 2.00 bits per heavy atom. The van der Waals surface area contributed by atoms with E-state index in [9.17, 15) is 13.6 Å². The van der Waals surface area contributed by atoms with E-state index in [1.807, 2.05) is 0 Å². The van der Waals surface area contributed by atoms with Gasteiger partial charge in [0, 0.05) is 18.8 Å². The summed E-state index contributed by atoms with van der Waals surface area (Å²) in [5, 5.41) is 2.95. The van der Waals surface area contributed by atoms with Crippen molar-refractivity contribution in [1.29, 1.82) is 0 Å². The van der Waals surface area contributed by atoms with E-state index < -0.39 is 5.76 Å². The smallest absolute Gasteiger partial charge is 0.290 e. The number of hydrogen-bond acceptors (Lipinski definition) is 4. The summed E-state index contributed by atoms with van der Waals surface area (Å²) in [5.41, 5.74) is 0.200. The number of alkyl halides is 2. The highest BCUT2D eigenvalue weighted by Gasteiger charge is 2.20. The number of halogens is 2. The van der Waals surface area contributed by atoms with Crippen molar-refractivity contribution < 1.29 is 13.6 Å². The van der Waals surface area contributed by atoms with Gasteiger partial charge in [-0.25, -0.2) is 4.98 Å². The molecule has 0 aliphatic carbocycles. The number of amides is 1. The van der Waals surface area contributed by atoms with Crippen molar-refractivity contribution in [3.8, 4) is 0 Å². The molecule has 1 heterocycles. The fraction of sp³-hybridized carbons (Fsp3) is 0.647. The highest BCUT2D eigenvalue weighted by Crippen LogP contribution is 2.26. The largest absolute Gasteiger partial charge is 0.350 e. The number of nitrogens with zero attached hydrogens (tertiary/aromatic N) is 2. The van der Waals surface area contributed by atoms with E-state index in [4.69, 9.17) is 0 Å². The number of pyridine rings is 1. The molecule has 0 spiro atoms. The Morgan fingerprint density at radius 3 is 2.54 bits per heavy atom.